The molecule has 4 nitrogen and oxygen atoms in total. The van der Waals surface area contributed by atoms with E-state index >= 15 is 0 Å². The third kappa shape index (κ3) is 4.07. The van der Waals surface area contributed by atoms with Crippen molar-refractivity contribution in [2.75, 3.05) is 18.9 Å². The number of hydrogen-bond acceptors (Lipinski definition) is 4. The van der Waals surface area contributed by atoms with Gasteiger partial charge in [0.15, 0.2) is 0 Å². The van der Waals surface area contributed by atoms with Gasteiger partial charge in [-0.15, -0.1) is 0 Å². The zero-order valence-electron chi connectivity index (χ0n) is 12.4. The van der Waals surface area contributed by atoms with Gasteiger partial charge in [-0.25, -0.2) is 4.98 Å². The van der Waals surface area contributed by atoms with Crippen LogP contribution in [-0.4, -0.2) is 29.5 Å². The molecular weight excluding hydrogens is 307 g/mol. The van der Waals surface area contributed by atoms with Crippen LogP contribution in [0, 0.1) is 6.92 Å². The Morgan fingerprint density at radius 2 is 2.00 bits per heavy atom. The van der Waals surface area contributed by atoms with E-state index in [1.807, 2.05) is 0 Å². The van der Waals surface area contributed by atoms with Gasteiger partial charge in [-0.1, -0.05) is 6.07 Å². The van der Waals surface area contributed by atoms with Crippen LogP contribution in [0.3, 0.4) is 0 Å². The van der Waals surface area contributed by atoms with E-state index in [0.29, 0.717) is 22.4 Å². The summed E-state index contributed by atoms with van der Waals surface area (Å²) in [6.45, 7) is 1.80. The molecule has 0 unspecified atom stereocenters. The van der Waals surface area contributed by atoms with Crippen LogP contribution in [0.25, 0.3) is 11.3 Å². The summed E-state index contributed by atoms with van der Waals surface area (Å²) in [6, 6.07) is 6.86. The minimum Gasteiger partial charge on any atom is -0.394 e. The third-order valence-corrected chi connectivity index (χ3v) is 3.25. The number of aryl methyl sites for hydroxylation is 1. The van der Waals surface area contributed by atoms with Crippen LogP contribution in [0.2, 0.25) is 0 Å². The van der Waals surface area contributed by atoms with Crippen molar-refractivity contribution in [3.05, 3.63) is 47.0 Å². The number of aliphatic imine (C=N–C) groups is 1. The number of nitrogens with two attached hydrogens (primary N) is 1. The minimum absolute atomic E-state index is 0.0628. The van der Waals surface area contributed by atoms with Crippen molar-refractivity contribution in [1.29, 1.82) is 0 Å². The molecule has 23 heavy (non-hydrogen) atoms. The number of halogens is 3. The van der Waals surface area contributed by atoms with Crippen molar-refractivity contribution >= 4 is 12.0 Å². The van der Waals surface area contributed by atoms with Crippen molar-refractivity contribution in [1.82, 2.24) is 4.98 Å². The maximum atomic E-state index is 12.7. The second-order valence-corrected chi connectivity index (χ2v) is 4.96. The number of alkyl halides is 3. The normalized spacial score (nSPS) is 12.0. The monoisotopic (exact) mass is 323 g/mol. The molecule has 0 spiro atoms. The van der Waals surface area contributed by atoms with E-state index < -0.39 is 11.7 Å². The minimum atomic E-state index is -4.37. The molecule has 0 aliphatic heterocycles. The Balaban J connectivity index is 2.34. The highest BCUT2D eigenvalue weighted by Crippen LogP contribution is 2.32. The Kier molecular flexibility index (Phi) is 5.00. The van der Waals surface area contributed by atoms with E-state index in [1.54, 1.807) is 19.1 Å². The highest BCUT2D eigenvalue weighted by Gasteiger charge is 2.30. The molecule has 0 aliphatic rings. The summed E-state index contributed by atoms with van der Waals surface area (Å²) in [7, 11) is 0. The zero-order chi connectivity index (χ0) is 17.0. The Labute approximate surface area is 131 Å². The first-order chi connectivity index (χ1) is 10.8. The van der Waals surface area contributed by atoms with Gasteiger partial charge < -0.3 is 10.8 Å². The van der Waals surface area contributed by atoms with E-state index in [-0.39, 0.29) is 19.0 Å². The molecule has 1 heterocycles. The predicted octanol–water partition coefficient (Wildman–Crippen LogP) is 3.07. The van der Waals surface area contributed by atoms with Crippen molar-refractivity contribution in [3.63, 3.8) is 0 Å². The molecule has 2 aromatic rings. The SMILES string of the molecule is Cc1cc(C(F)(F)F)ccc1-c1ccc(C=NCCO)c(N)n1. The van der Waals surface area contributed by atoms with E-state index in [1.165, 1.54) is 12.3 Å². The van der Waals surface area contributed by atoms with Crippen LogP contribution in [-0.2, 0) is 6.18 Å². The van der Waals surface area contributed by atoms with Crippen LogP contribution < -0.4 is 5.73 Å². The standard InChI is InChI=1S/C16H16F3N3O/c1-10-8-12(16(17,18)19)3-4-13(10)14-5-2-11(15(20)22-14)9-21-6-7-23/h2-5,8-9,23H,6-7H2,1H3,(H2,20,22). The van der Waals surface area contributed by atoms with Gasteiger partial charge in [0.1, 0.15) is 5.82 Å². The van der Waals surface area contributed by atoms with Crippen molar-refractivity contribution in [2.45, 2.75) is 13.1 Å². The number of benzene rings is 1. The molecule has 0 aliphatic carbocycles. The van der Waals surface area contributed by atoms with Gasteiger partial charge in [0, 0.05) is 17.3 Å². The van der Waals surface area contributed by atoms with Crippen molar-refractivity contribution < 1.29 is 18.3 Å². The zero-order valence-corrected chi connectivity index (χ0v) is 12.4. The molecule has 3 N–H and O–H groups in total. The van der Waals surface area contributed by atoms with Crippen LogP contribution in [0.1, 0.15) is 16.7 Å². The number of aromatic nitrogens is 1. The Bertz CT molecular complexity index is 727. The number of nitrogen functional groups attached to an aromatic ring is 1. The van der Waals surface area contributed by atoms with Crippen molar-refractivity contribution in [3.8, 4) is 11.3 Å². The molecule has 0 saturated carbocycles. The first-order valence-electron chi connectivity index (χ1n) is 6.88. The second kappa shape index (κ2) is 6.78. The lowest BCUT2D eigenvalue weighted by atomic mass is 10.0. The molecule has 0 bridgehead atoms. The molecule has 0 fully saturated rings. The molecule has 0 atom stereocenters. The topological polar surface area (TPSA) is 71.5 Å². The van der Waals surface area contributed by atoms with E-state index in [0.717, 1.165) is 12.1 Å². The molecule has 0 amide bonds. The van der Waals surface area contributed by atoms with Gasteiger partial charge in [0.25, 0.3) is 0 Å². The first kappa shape index (κ1) is 17.0. The third-order valence-electron chi connectivity index (χ3n) is 3.25. The lowest BCUT2D eigenvalue weighted by molar-refractivity contribution is -0.137. The fourth-order valence-corrected chi connectivity index (χ4v) is 2.09. The van der Waals surface area contributed by atoms with Crippen LogP contribution in [0.15, 0.2) is 35.3 Å². The molecule has 2 rings (SSSR count). The highest BCUT2D eigenvalue weighted by molar-refractivity contribution is 5.86. The Morgan fingerprint density at radius 3 is 2.57 bits per heavy atom. The molecule has 7 heteroatoms. The second-order valence-electron chi connectivity index (χ2n) is 4.96. The van der Waals surface area contributed by atoms with Gasteiger partial charge in [0.05, 0.1) is 24.4 Å². The molecule has 1 aromatic carbocycles. The Hall–Kier alpha value is -2.41. The summed E-state index contributed by atoms with van der Waals surface area (Å²) in [6.07, 6.45) is -2.87. The molecule has 1 aromatic heterocycles. The fraction of sp³-hybridized carbons (Fsp3) is 0.250. The van der Waals surface area contributed by atoms with Crippen LogP contribution in [0.4, 0.5) is 19.0 Å². The lowest BCUT2D eigenvalue weighted by Gasteiger charge is -2.11. The number of rotatable bonds is 4. The fourth-order valence-electron chi connectivity index (χ4n) is 2.09. The van der Waals surface area contributed by atoms with E-state index in [4.69, 9.17) is 10.8 Å². The summed E-state index contributed by atoms with van der Waals surface area (Å²) in [5, 5.41) is 8.68. The van der Waals surface area contributed by atoms with Crippen LogP contribution >= 0.6 is 0 Å². The van der Waals surface area contributed by atoms with E-state index in [9.17, 15) is 13.2 Å². The average molecular weight is 323 g/mol. The summed E-state index contributed by atoms with van der Waals surface area (Å²) < 4.78 is 38.1. The predicted molar refractivity (Wildman–Crippen MR) is 83.4 cm³/mol. The first-order valence-corrected chi connectivity index (χ1v) is 6.88. The van der Waals surface area contributed by atoms with Crippen molar-refractivity contribution in [2.24, 2.45) is 4.99 Å². The smallest absolute Gasteiger partial charge is 0.394 e. The van der Waals surface area contributed by atoms with Gasteiger partial charge in [-0.3, -0.25) is 4.99 Å². The number of aliphatic hydroxyl groups is 1. The Morgan fingerprint density at radius 1 is 1.26 bits per heavy atom. The maximum absolute atomic E-state index is 12.7. The molecular formula is C16H16F3N3O. The lowest BCUT2D eigenvalue weighted by Crippen LogP contribution is -2.05. The van der Waals surface area contributed by atoms with Gasteiger partial charge in [0.2, 0.25) is 0 Å². The number of pyridine rings is 1. The highest BCUT2D eigenvalue weighted by atomic mass is 19.4. The summed E-state index contributed by atoms with van der Waals surface area (Å²) in [4.78, 5) is 8.18. The summed E-state index contributed by atoms with van der Waals surface area (Å²) >= 11 is 0. The molecule has 0 saturated heterocycles. The van der Waals surface area contributed by atoms with E-state index in [2.05, 4.69) is 9.98 Å². The van der Waals surface area contributed by atoms with Gasteiger partial charge >= 0.3 is 6.18 Å². The molecule has 0 radical (unpaired) electrons. The summed E-state index contributed by atoms with van der Waals surface area (Å²) in [5.41, 5.74) is 7.29. The quantitative estimate of drug-likeness (QED) is 0.850. The summed E-state index contributed by atoms with van der Waals surface area (Å²) in [5.74, 6) is 0.225. The number of nitrogens with zero attached hydrogens (tertiary/aromatic N) is 2. The maximum Gasteiger partial charge on any atom is 0.416 e. The largest absolute Gasteiger partial charge is 0.416 e. The van der Waals surface area contributed by atoms with Crippen LogP contribution in [0.5, 0.6) is 0 Å². The van der Waals surface area contributed by atoms with Gasteiger partial charge in [-0.05, 0) is 36.8 Å². The number of aliphatic hydroxyl groups excluding tert-OH is 1. The number of anilines is 1. The molecule has 122 valence electrons. The number of hydrogen-bond donors (Lipinski definition) is 2. The average Bonchev–Trinajstić information content (AvgIpc) is 2.48. The van der Waals surface area contributed by atoms with Gasteiger partial charge in [-0.2, -0.15) is 13.2 Å².